The Hall–Kier alpha value is -4.79. The van der Waals surface area contributed by atoms with E-state index in [1.807, 2.05) is 6.92 Å². The molecule has 44 heavy (non-hydrogen) atoms. The zero-order valence-electron chi connectivity index (χ0n) is 25.1. The summed E-state index contributed by atoms with van der Waals surface area (Å²) < 4.78 is 10.2. The molecule has 0 aliphatic carbocycles. The summed E-state index contributed by atoms with van der Waals surface area (Å²) in [6.45, 7) is 5.13. The Kier molecular flexibility index (Phi) is 13.5. The van der Waals surface area contributed by atoms with Crippen molar-refractivity contribution in [3.05, 3.63) is 39.7 Å². The van der Waals surface area contributed by atoms with Gasteiger partial charge in [0.1, 0.15) is 17.2 Å². The van der Waals surface area contributed by atoms with Gasteiger partial charge in [0.25, 0.3) is 5.78 Å². The minimum atomic E-state index is -1.25. The van der Waals surface area contributed by atoms with Crippen molar-refractivity contribution in [2.45, 2.75) is 77.4 Å². The lowest BCUT2D eigenvalue weighted by Gasteiger charge is -2.21. The third-order valence-electron chi connectivity index (χ3n) is 6.74. The standard InChI is InChI=1S/C29H41N7O8/c1-4-5-13-43-28(42)24(38)19(31)10-11-22(37)35-16(3)26(40)36-20(7-6-12-34-29(32)33)25(39)23-15(2)18-9-8-17(30)14-21(18)44-27(23)41/h8-9,14,16,19-20H,4-7,10-13,30-31H2,1-3H3,(H,35,37)(H,36,40)(H4,32,33,34)/t16-,19-,20-/m0/s1. The molecular formula is C29H41N7O8. The van der Waals surface area contributed by atoms with Gasteiger partial charge in [-0.3, -0.25) is 24.2 Å². The molecule has 3 atom stereocenters. The lowest BCUT2D eigenvalue weighted by molar-refractivity contribution is -0.154. The highest BCUT2D eigenvalue weighted by Gasteiger charge is 2.30. The van der Waals surface area contributed by atoms with Gasteiger partial charge in [0.15, 0.2) is 11.7 Å². The van der Waals surface area contributed by atoms with Gasteiger partial charge in [-0.2, -0.15) is 0 Å². The first-order chi connectivity index (χ1) is 20.8. The lowest BCUT2D eigenvalue weighted by Crippen LogP contribution is -2.51. The van der Waals surface area contributed by atoms with Crippen molar-refractivity contribution < 1.29 is 33.1 Å². The number of unbranched alkanes of at least 4 members (excludes halogenated alkanes) is 1. The number of rotatable bonds is 17. The molecule has 1 aromatic carbocycles. The van der Waals surface area contributed by atoms with Gasteiger partial charge in [-0.1, -0.05) is 13.3 Å². The van der Waals surface area contributed by atoms with Gasteiger partial charge in [0.05, 0.1) is 18.7 Å². The predicted molar refractivity (Wildman–Crippen MR) is 163 cm³/mol. The minimum Gasteiger partial charge on any atom is -0.460 e. The number of carbonyl (C=O) groups is 5. The van der Waals surface area contributed by atoms with Gasteiger partial charge in [0, 0.05) is 30.1 Å². The molecule has 0 spiro atoms. The highest BCUT2D eigenvalue weighted by molar-refractivity contribution is 6.35. The van der Waals surface area contributed by atoms with Crippen LogP contribution in [0.25, 0.3) is 11.0 Å². The van der Waals surface area contributed by atoms with Crippen LogP contribution >= 0.6 is 0 Å². The second-order valence-corrected chi connectivity index (χ2v) is 10.3. The van der Waals surface area contributed by atoms with Crippen LogP contribution in [0.2, 0.25) is 0 Å². The highest BCUT2D eigenvalue weighted by Crippen LogP contribution is 2.23. The van der Waals surface area contributed by atoms with Crippen molar-refractivity contribution in [1.82, 2.24) is 10.6 Å². The van der Waals surface area contributed by atoms with E-state index >= 15 is 0 Å². The summed E-state index contributed by atoms with van der Waals surface area (Å²) in [6, 6.07) is 1.15. The molecule has 2 aromatic rings. The van der Waals surface area contributed by atoms with Gasteiger partial charge in [-0.15, -0.1) is 0 Å². The summed E-state index contributed by atoms with van der Waals surface area (Å²) in [4.78, 5) is 79.8. The normalized spacial score (nSPS) is 12.9. The maximum Gasteiger partial charge on any atom is 0.376 e. The van der Waals surface area contributed by atoms with Crippen LogP contribution in [0.5, 0.6) is 0 Å². The number of aliphatic imine (C=N–C) groups is 1. The van der Waals surface area contributed by atoms with Crippen LogP contribution in [0, 0.1) is 6.92 Å². The van der Waals surface area contributed by atoms with Gasteiger partial charge < -0.3 is 42.7 Å². The molecule has 1 heterocycles. The third kappa shape index (κ3) is 10.2. The Morgan fingerprint density at radius 2 is 1.77 bits per heavy atom. The average Bonchev–Trinajstić information content (AvgIpc) is 2.96. The first-order valence-electron chi connectivity index (χ1n) is 14.3. The van der Waals surface area contributed by atoms with Gasteiger partial charge in [-0.05, 0) is 57.2 Å². The largest absolute Gasteiger partial charge is 0.460 e. The first-order valence-corrected chi connectivity index (χ1v) is 14.3. The van der Waals surface area contributed by atoms with E-state index < -0.39 is 53.1 Å². The van der Waals surface area contributed by atoms with Crippen LogP contribution in [-0.2, 0) is 23.9 Å². The van der Waals surface area contributed by atoms with Crippen LogP contribution in [0.4, 0.5) is 5.69 Å². The number of anilines is 1. The summed E-state index contributed by atoms with van der Waals surface area (Å²) in [6.07, 6.45) is 1.31. The number of guanidine groups is 1. The van der Waals surface area contributed by atoms with Gasteiger partial charge in [0.2, 0.25) is 11.8 Å². The summed E-state index contributed by atoms with van der Waals surface area (Å²) in [5.74, 6) is -4.17. The molecular weight excluding hydrogens is 574 g/mol. The summed E-state index contributed by atoms with van der Waals surface area (Å²) >= 11 is 0. The number of nitrogens with two attached hydrogens (primary N) is 4. The molecule has 10 N–H and O–H groups in total. The number of Topliss-reactive ketones (excluding diaryl/α,β-unsaturated/α-hetero) is 2. The number of ketones is 2. The lowest BCUT2D eigenvalue weighted by atomic mass is 9.95. The Morgan fingerprint density at radius 3 is 2.43 bits per heavy atom. The van der Waals surface area contributed by atoms with Crippen molar-refractivity contribution >= 4 is 52.0 Å². The maximum absolute atomic E-state index is 13.6. The Bertz CT molecular complexity index is 1470. The molecule has 0 aliphatic rings. The number of esters is 1. The number of nitrogens with zero attached hydrogens (tertiary/aromatic N) is 1. The monoisotopic (exact) mass is 615 g/mol. The van der Waals surface area contributed by atoms with Gasteiger partial charge in [-0.25, -0.2) is 9.59 Å². The van der Waals surface area contributed by atoms with Crippen LogP contribution in [-0.4, -0.2) is 66.6 Å². The quantitative estimate of drug-likeness (QED) is 0.0200. The fraction of sp³-hybridized carbons (Fsp3) is 0.483. The minimum absolute atomic E-state index is 0.0615. The molecule has 0 saturated heterocycles. The van der Waals surface area contributed by atoms with E-state index in [1.54, 1.807) is 19.1 Å². The Labute approximate surface area is 254 Å². The zero-order chi connectivity index (χ0) is 33.0. The average molecular weight is 616 g/mol. The van der Waals surface area contributed by atoms with Crippen LogP contribution in [0.1, 0.15) is 68.3 Å². The van der Waals surface area contributed by atoms with Crippen molar-refractivity contribution in [2.75, 3.05) is 18.9 Å². The van der Waals surface area contributed by atoms with Crippen molar-refractivity contribution in [1.29, 1.82) is 0 Å². The first kappa shape index (κ1) is 35.4. The molecule has 0 radical (unpaired) electrons. The SMILES string of the molecule is CCCCOC(=O)C(=O)[C@@H](N)CCC(=O)N[C@@H](C)C(=O)N[C@@H](CCCN=C(N)N)C(=O)c1c(C)c2ccc(N)cc2oc1=O. The molecule has 0 aliphatic heterocycles. The van der Waals surface area contributed by atoms with Crippen LogP contribution < -0.4 is 39.2 Å². The Morgan fingerprint density at radius 1 is 1.07 bits per heavy atom. The summed E-state index contributed by atoms with van der Waals surface area (Å²) in [7, 11) is 0. The van der Waals surface area contributed by atoms with E-state index in [0.29, 0.717) is 23.1 Å². The topological polar surface area (TPSA) is 265 Å². The number of hydrogen-bond acceptors (Lipinski definition) is 11. The zero-order valence-corrected chi connectivity index (χ0v) is 25.1. The summed E-state index contributed by atoms with van der Waals surface area (Å²) in [5, 5.41) is 5.56. The second kappa shape index (κ2) is 16.7. The molecule has 0 saturated carbocycles. The fourth-order valence-electron chi connectivity index (χ4n) is 4.23. The summed E-state index contributed by atoms with van der Waals surface area (Å²) in [5.41, 5.74) is 22.1. The molecule has 1 aromatic heterocycles. The van der Waals surface area contributed by atoms with Crippen LogP contribution in [0.15, 0.2) is 32.4 Å². The number of fused-ring (bicyclic) bond motifs is 1. The number of nitrogens with one attached hydrogen (secondary N) is 2. The van der Waals surface area contributed by atoms with Gasteiger partial charge >= 0.3 is 11.6 Å². The molecule has 0 unspecified atom stereocenters. The molecule has 15 nitrogen and oxygen atoms in total. The smallest absolute Gasteiger partial charge is 0.376 e. The van der Waals surface area contributed by atoms with Crippen LogP contribution in [0.3, 0.4) is 0 Å². The number of benzene rings is 1. The number of ether oxygens (including phenoxy) is 1. The second-order valence-electron chi connectivity index (χ2n) is 10.3. The van der Waals surface area contributed by atoms with Crippen molar-refractivity contribution in [3.8, 4) is 0 Å². The van der Waals surface area contributed by atoms with E-state index in [-0.39, 0.29) is 55.9 Å². The molecule has 0 bridgehead atoms. The number of hydrogen-bond donors (Lipinski definition) is 6. The van der Waals surface area contributed by atoms with Crippen molar-refractivity contribution in [2.24, 2.45) is 22.2 Å². The molecule has 15 heteroatoms. The number of amides is 2. The molecule has 0 fully saturated rings. The molecule has 2 rings (SSSR count). The number of aryl methyl sites for hydroxylation is 1. The fourth-order valence-corrected chi connectivity index (χ4v) is 4.23. The van der Waals surface area contributed by atoms with Crippen molar-refractivity contribution in [3.63, 3.8) is 0 Å². The maximum atomic E-state index is 13.6. The predicted octanol–water partition coefficient (Wildman–Crippen LogP) is -0.0707. The van der Waals surface area contributed by atoms with E-state index in [0.717, 1.165) is 6.42 Å². The molecule has 2 amide bonds. The van der Waals surface area contributed by atoms with E-state index in [9.17, 15) is 28.8 Å². The van der Waals surface area contributed by atoms with E-state index in [4.69, 9.17) is 32.1 Å². The van der Waals surface area contributed by atoms with E-state index in [2.05, 4.69) is 15.6 Å². The highest BCUT2D eigenvalue weighted by atomic mass is 16.5. The Balaban J connectivity index is 2.11. The third-order valence-corrected chi connectivity index (χ3v) is 6.74. The number of nitrogen functional groups attached to an aromatic ring is 1. The number of carbonyl (C=O) groups excluding carboxylic acids is 5. The van der Waals surface area contributed by atoms with E-state index in [1.165, 1.54) is 13.0 Å². The molecule has 240 valence electrons.